The molecule has 2 aromatic carbocycles. The molecule has 4 aromatic rings. The lowest BCUT2D eigenvalue weighted by Crippen LogP contribution is -2.56. The Balaban J connectivity index is 1.45. The van der Waals surface area contributed by atoms with Gasteiger partial charge < -0.3 is 9.88 Å². The topological polar surface area (TPSA) is 66.8 Å². The zero-order valence-corrected chi connectivity index (χ0v) is 18.3. The smallest absolute Gasteiger partial charge is 0.345 e. The molecule has 36 heavy (non-hydrogen) atoms. The molecular weight excluding hydrogens is 488 g/mol. The van der Waals surface area contributed by atoms with E-state index in [0.29, 0.717) is 17.4 Å². The SMILES string of the molecule is O=C1C(C2CC2)[C@@H](c2ccc(-c3cnn(C(F)(F)F)c3)cc2C(F)(F)F)N1c1ccc2[nH]cnc2c1. The Morgan fingerprint density at radius 1 is 0.972 bits per heavy atom. The Morgan fingerprint density at radius 3 is 2.42 bits per heavy atom. The average Bonchev–Trinajstić information content (AvgIpc) is 3.30. The van der Waals surface area contributed by atoms with Gasteiger partial charge in [0.05, 0.1) is 41.1 Å². The van der Waals surface area contributed by atoms with E-state index in [2.05, 4.69) is 15.1 Å². The summed E-state index contributed by atoms with van der Waals surface area (Å²) in [6.45, 7) is 0. The second kappa shape index (κ2) is 7.58. The molecule has 0 radical (unpaired) electrons. The second-order valence-corrected chi connectivity index (χ2v) is 9.06. The fourth-order valence-electron chi connectivity index (χ4n) is 4.97. The third-order valence-corrected chi connectivity index (χ3v) is 6.81. The molecule has 1 aliphatic heterocycles. The Morgan fingerprint density at radius 2 is 1.75 bits per heavy atom. The number of rotatable bonds is 4. The quantitative estimate of drug-likeness (QED) is 0.272. The summed E-state index contributed by atoms with van der Waals surface area (Å²) in [6.07, 6.45) is -5.07. The van der Waals surface area contributed by atoms with E-state index in [-0.39, 0.29) is 33.2 Å². The predicted molar refractivity (Wildman–Crippen MR) is 116 cm³/mol. The first kappa shape index (κ1) is 22.6. The van der Waals surface area contributed by atoms with Crippen molar-refractivity contribution in [1.82, 2.24) is 19.7 Å². The van der Waals surface area contributed by atoms with Crippen molar-refractivity contribution in [3.8, 4) is 11.1 Å². The Labute approximate surface area is 199 Å². The van der Waals surface area contributed by atoms with Crippen molar-refractivity contribution in [2.45, 2.75) is 31.4 Å². The molecular formula is C24H17F6N5O. The monoisotopic (exact) mass is 505 g/mol. The van der Waals surface area contributed by atoms with Crippen molar-refractivity contribution < 1.29 is 31.1 Å². The first-order valence-electron chi connectivity index (χ1n) is 11.1. The molecule has 3 heterocycles. The second-order valence-electron chi connectivity index (χ2n) is 9.06. The third kappa shape index (κ3) is 3.62. The minimum absolute atomic E-state index is 0.00126. The number of nitrogens with one attached hydrogen (secondary N) is 1. The molecule has 186 valence electrons. The first-order chi connectivity index (χ1) is 17.0. The molecule has 1 aliphatic carbocycles. The van der Waals surface area contributed by atoms with Crippen LogP contribution in [0.25, 0.3) is 22.2 Å². The normalized spacial score (nSPS) is 20.7. The van der Waals surface area contributed by atoms with E-state index >= 15 is 0 Å². The lowest BCUT2D eigenvalue weighted by Gasteiger charge is -2.48. The van der Waals surface area contributed by atoms with Crippen LogP contribution in [0.4, 0.5) is 32.0 Å². The number of imidazole rings is 1. The molecule has 0 bridgehead atoms. The fraction of sp³-hybridized carbons (Fsp3) is 0.292. The number of alkyl halides is 6. The summed E-state index contributed by atoms with van der Waals surface area (Å²) in [6, 6.07) is 7.58. The standard InChI is InChI=1S/C24H17F6N5O/c25-23(26,27)17-7-13(14-9-33-34(10-14)24(28,29)30)3-5-16(17)21-20(12-1-2-12)22(36)35(21)15-4-6-18-19(8-15)32-11-31-18/h3-12,20-21H,1-2H2,(H,31,32)/t20?,21-/m1/s1. The maximum absolute atomic E-state index is 14.3. The number of aromatic nitrogens is 4. The number of halogens is 6. The van der Waals surface area contributed by atoms with Crippen LogP contribution in [0.15, 0.2) is 55.1 Å². The van der Waals surface area contributed by atoms with Gasteiger partial charge in [-0.3, -0.25) is 4.79 Å². The van der Waals surface area contributed by atoms with Crippen molar-refractivity contribution in [2.24, 2.45) is 11.8 Å². The molecule has 2 fully saturated rings. The molecule has 6 nitrogen and oxygen atoms in total. The predicted octanol–water partition coefficient (Wildman–Crippen LogP) is 6.04. The highest BCUT2D eigenvalue weighted by Gasteiger charge is 2.56. The van der Waals surface area contributed by atoms with Crippen LogP contribution in [-0.2, 0) is 17.3 Å². The molecule has 1 N–H and O–H groups in total. The van der Waals surface area contributed by atoms with Gasteiger partial charge in [-0.1, -0.05) is 12.1 Å². The zero-order chi connectivity index (χ0) is 25.4. The number of hydrogen-bond acceptors (Lipinski definition) is 3. The van der Waals surface area contributed by atoms with Gasteiger partial charge in [0.2, 0.25) is 5.91 Å². The summed E-state index contributed by atoms with van der Waals surface area (Å²) in [5.74, 6) is -0.848. The Hall–Kier alpha value is -3.83. The van der Waals surface area contributed by atoms with E-state index in [1.54, 1.807) is 18.2 Å². The molecule has 6 rings (SSSR count). The maximum atomic E-state index is 14.3. The van der Waals surface area contributed by atoms with Crippen LogP contribution in [0.1, 0.15) is 30.0 Å². The lowest BCUT2D eigenvalue weighted by atomic mass is 9.76. The number of benzene rings is 2. The minimum atomic E-state index is -4.80. The van der Waals surface area contributed by atoms with Crippen LogP contribution in [-0.4, -0.2) is 25.7 Å². The molecule has 1 saturated carbocycles. The number of carbonyl (C=O) groups is 1. The maximum Gasteiger partial charge on any atom is 0.504 e. The summed E-state index contributed by atoms with van der Waals surface area (Å²) in [7, 11) is 0. The van der Waals surface area contributed by atoms with E-state index in [0.717, 1.165) is 30.6 Å². The summed E-state index contributed by atoms with van der Waals surface area (Å²) in [5.41, 5.74) is 0.490. The van der Waals surface area contributed by atoms with Gasteiger partial charge in [-0.05, 0) is 54.2 Å². The first-order valence-corrected chi connectivity index (χ1v) is 11.1. The number of carbonyl (C=O) groups excluding carboxylic acids is 1. The molecule has 2 aliphatic rings. The molecule has 1 unspecified atom stereocenters. The zero-order valence-electron chi connectivity index (χ0n) is 18.3. The van der Waals surface area contributed by atoms with Crippen LogP contribution in [0.5, 0.6) is 0 Å². The highest BCUT2D eigenvalue weighted by molar-refractivity contribution is 6.04. The van der Waals surface area contributed by atoms with Crippen LogP contribution >= 0.6 is 0 Å². The summed E-state index contributed by atoms with van der Waals surface area (Å²) in [5, 5.41) is 3.22. The molecule has 2 aromatic heterocycles. The molecule has 1 amide bonds. The van der Waals surface area contributed by atoms with Crippen molar-refractivity contribution in [2.75, 3.05) is 4.90 Å². The highest BCUT2D eigenvalue weighted by Crippen LogP contribution is 2.56. The van der Waals surface area contributed by atoms with Crippen LogP contribution < -0.4 is 4.90 Å². The number of aromatic amines is 1. The fourth-order valence-corrected chi connectivity index (χ4v) is 4.97. The number of nitrogens with zero attached hydrogens (tertiary/aromatic N) is 4. The Kier molecular flexibility index (Phi) is 4.76. The number of amides is 1. The van der Waals surface area contributed by atoms with Crippen molar-refractivity contribution in [1.29, 1.82) is 0 Å². The van der Waals surface area contributed by atoms with Gasteiger partial charge >= 0.3 is 12.5 Å². The summed E-state index contributed by atoms with van der Waals surface area (Å²) in [4.78, 5) is 21.6. The molecule has 0 spiro atoms. The molecule has 2 atom stereocenters. The van der Waals surface area contributed by atoms with E-state index in [1.165, 1.54) is 23.4 Å². The highest BCUT2D eigenvalue weighted by atomic mass is 19.4. The van der Waals surface area contributed by atoms with Crippen molar-refractivity contribution in [3.05, 3.63) is 66.2 Å². The van der Waals surface area contributed by atoms with E-state index < -0.39 is 30.0 Å². The van der Waals surface area contributed by atoms with Gasteiger partial charge in [0.15, 0.2) is 0 Å². The Bertz CT molecular complexity index is 1480. The number of fused-ring (bicyclic) bond motifs is 1. The van der Waals surface area contributed by atoms with Gasteiger partial charge in [0.1, 0.15) is 0 Å². The van der Waals surface area contributed by atoms with Gasteiger partial charge in [-0.25, -0.2) is 4.98 Å². The number of β-lactam (4-membered cyclic amide) rings is 1. The molecule has 12 heteroatoms. The van der Waals surface area contributed by atoms with Gasteiger partial charge in [-0.15, -0.1) is 13.2 Å². The van der Waals surface area contributed by atoms with E-state index in [9.17, 15) is 31.1 Å². The van der Waals surface area contributed by atoms with Crippen molar-refractivity contribution >= 4 is 22.6 Å². The number of anilines is 1. The van der Waals surface area contributed by atoms with Crippen LogP contribution in [0.2, 0.25) is 0 Å². The van der Waals surface area contributed by atoms with Gasteiger partial charge in [0.25, 0.3) is 0 Å². The lowest BCUT2D eigenvalue weighted by molar-refractivity contribution is -0.212. The minimum Gasteiger partial charge on any atom is -0.345 e. The van der Waals surface area contributed by atoms with Crippen LogP contribution in [0.3, 0.4) is 0 Å². The summed E-state index contributed by atoms with van der Waals surface area (Å²) < 4.78 is 81.4. The largest absolute Gasteiger partial charge is 0.504 e. The van der Waals surface area contributed by atoms with Gasteiger partial charge in [-0.2, -0.15) is 23.0 Å². The molecule has 1 saturated heterocycles. The van der Waals surface area contributed by atoms with Crippen LogP contribution in [0, 0.1) is 11.8 Å². The number of hydrogen-bond donors (Lipinski definition) is 1. The van der Waals surface area contributed by atoms with E-state index in [1.807, 2.05) is 0 Å². The van der Waals surface area contributed by atoms with Crippen molar-refractivity contribution in [3.63, 3.8) is 0 Å². The summed E-state index contributed by atoms with van der Waals surface area (Å²) >= 11 is 0. The average molecular weight is 505 g/mol. The number of H-pyrrole nitrogens is 1. The third-order valence-electron chi connectivity index (χ3n) is 6.81. The van der Waals surface area contributed by atoms with E-state index in [4.69, 9.17) is 0 Å². The van der Waals surface area contributed by atoms with Gasteiger partial charge in [0, 0.05) is 17.4 Å².